The Kier molecular flexibility index (Phi) is 7.01. The van der Waals surface area contributed by atoms with Crippen molar-refractivity contribution in [1.82, 2.24) is 9.97 Å². The summed E-state index contributed by atoms with van der Waals surface area (Å²) < 4.78 is 0. The van der Waals surface area contributed by atoms with Gasteiger partial charge in [0.15, 0.2) is 0 Å². The van der Waals surface area contributed by atoms with Crippen LogP contribution in [0.5, 0.6) is 0 Å². The summed E-state index contributed by atoms with van der Waals surface area (Å²) in [7, 11) is 0. The number of nitrogens with zero attached hydrogens (tertiary/aromatic N) is 1. The third kappa shape index (κ3) is 3.54. The maximum Gasteiger partial charge on any atom is 1.00 e. The Morgan fingerprint density at radius 1 is 1.27 bits per heavy atom. The maximum atomic E-state index is 12.0. The second-order valence-electron chi connectivity index (χ2n) is 4.32. The predicted octanol–water partition coefficient (Wildman–Crippen LogP) is -3.11. The largest absolute Gasteiger partial charge is 1.00 e. The second kappa shape index (κ2) is 7.88. The monoisotopic (exact) mass is 334 g/mol. The number of hydrogen-bond acceptors (Lipinski definition) is 4. The molecule has 0 bridgehead atoms. The van der Waals surface area contributed by atoms with E-state index in [1.54, 1.807) is 0 Å². The van der Waals surface area contributed by atoms with E-state index in [0.29, 0.717) is 10.2 Å². The van der Waals surface area contributed by atoms with Crippen LogP contribution in [0.15, 0.2) is 35.1 Å². The van der Waals surface area contributed by atoms with Gasteiger partial charge in [0.25, 0.3) is 5.56 Å². The molecule has 22 heavy (non-hydrogen) atoms. The molecule has 0 fully saturated rings. The number of aromatic amines is 1. The fourth-order valence-corrected chi connectivity index (χ4v) is 3.30. The average molecular weight is 334 g/mol. The van der Waals surface area contributed by atoms with Gasteiger partial charge >= 0.3 is 65.1 Å². The maximum absolute atomic E-state index is 12.0. The Bertz CT molecular complexity index is 885. The number of aromatic nitrogens is 2. The van der Waals surface area contributed by atoms with E-state index in [1.807, 2.05) is 37.3 Å². The molecule has 104 valence electrons. The van der Waals surface area contributed by atoms with E-state index >= 15 is 0 Å². The third-order valence-electron chi connectivity index (χ3n) is 3.04. The van der Waals surface area contributed by atoms with Crippen LogP contribution in [0.2, 0.25) is 0 Å². The number of rotatable bonds is 2. The summed E-state index contributed by atoms with van der Waals surface area (Å²) in [6.45, 7) is 1.85. The van der Waals surface area contributed by atoms with Crippen molar-refractivity contribution >= 4 is 27.5 Å². The van der Waals surface area contributed by atoms with Crippen molar-refractivity contribution in [1.29, 1.82) is 0 Å². The van der Waals surface area contributed by atoms with Gasteiger partial charge < -0.3 is 12.9 Å². The van der Waals surface area contributed by atoms with Crippen molar-refractivity contribution in [3.05, 3.63) is 52.1 Å². The van der Waals surface area contributed by atoms with Gasteiger partial charge in [0, 0.05) is 4.88 Å². The molecule has 8 heteroatoms. The van der Waals surface area contributed by atoms with Gasteiger partial charge in [0.1, 0.15) is 4.83 Å². The minimum absolute atomic E-state index is 0. The molecular formula is C14H12N2Na2O3S. The number of benzene rings is 1. The van der Waals surface area contributed by atoms with Crippen molar-refractivity contribution in [2.45, 2.75) is 6.92 Å². The van der Waals surface area contributed by atoms with E-state index in [9.17, 15) is 9.59 Å². The molecule has 2 aromatic heterocycles. The van der Waals surface area contributed by atoms with Crippen LogP contribution in [-0.2, 0) is 0 Å². The summed E-state index contributed by atoms with van der Waals surface area (Å²) in [5.41, 5.74) is 1.40. The summed E-state index contributed by atoms with van der Waals surface area (Å²) in [6, 6.07) is 9.65. The molecule has 3 aromatic rings. The van der Waals surface area contributed by atoms with Crippen molar-refractivity contribution in [3.63, 3.8) is 0 Å². The zero-order valence-corrected chi connectivity index (χ0v) is 17.3. The van der Waals surface area contributed by atoms with Crippen LogP contribution in [0.4, 0.5) is 0 Å². The van der Waals surface area contributed by atoms with Crippen LogP contribution in [-0.4, -0.2) is 21.0 Å². The minimum atomic E-state index is -1.24. The van der Waals surface area contributed by atoms with Gasteiger partial charge in [-0.05, 0) is 18.1 Å². The number of hydrogen-bond donors (Lipinski definition) is 2. The van der Waals surface area contributed by atoms with Gasteiger partial charge in [0.05, 0.1) is 5.39 Å². The van der Waals surface area contributed by atoms with Gasteiger partial charge in [0.2, 0.25) is 5.82 Å². The fourth-order valence-electron chi connectivity index (χ4n) is 2.11. The molecule has 3 rings (SSSR count). The quantitative estimate of drug-likeness (QED) is 0.486. The molecule has 2 N–H and O–H groups in total. The summed E-state index contributed by atoms with van der Waals surface area (Å²) in [6.07, 6.45) is 0. The van der Waals surface area contributed by atoms with E-state index < -0.39 is 11.5 Å². The molecule has 0 saturated heterocycles. The first-order valence-corrected chi connectivity index (χ1v) is 6.71. The first kappa shape index (κ1) is 19.6. The van der Waals surface area contributed by atoms with E-state index in [1.165, 1.54) is 11.3 Å². The molecule has 0 spiro atoms. The average Bonchev–Trinajstić information content (AvgIpc) is 2.77. The molecule has 0 aliphatic heterocycles. The summed E-state index contributed by atoms with van der Waals surface area (Å²) in [5, 5.41) is 9.39. The SMILES string of the molecule is Cc1c(-c2ccccc2)sc2nc(C(=O)O)[nH]c(=O)c12.[H-].[H-].[Na+].[Na+]. The molecule has 0 amide bonds. The molecule has 0 aliphatic carbocycles. The molecule has 0 saturated carbocycles. The Labute approximate surface area is 177 Å². The Morgan fingerprint density at radius 3 is 2.50 bits per heavy atom. The molecule has 2 heterocycles. The fraction of sp³-hybridized carbons (Fsp3) is 0.0714. The number of H-pyrrole nitrogens is 1. The van der Waals surface area contributed by atoms with Gasteiger partial charge in [-0.25, -0.2) is 9.78 Å². The third-order valence-corrected chi connectivity index (χ3v) is 4.27. The van der Waals surface area contributed by atoms with Crippen LogP contribution < -0.4 is 64.7 Å². The van der Waals surface area contributed by atoms with E-state index in [-0.39, 0.29) is 67.8 Å². The summed E-state index contributed by atoms with van der Waals surface area (Å²) in [5.74, 6) is -1.57. The first-order chi connectivity index (χ1) is 9.58. The Hall–Kier alpha value is -0.470. The van der Waals surface area contributed by atoms with Crippen molar-refractivity contribution in [2.75, 3.05) is 0 Å². The summed E-state index contributed by atoms with van der Waals surface area (Å²) in [4.78, 5) is 30.6. The number of aryl methyl sites for hydroxylation is 1. The molecular weight excluding hydrogens is 322 g/mol. The minimum Gasteiger partial charge on any atom is -1.00 e. The molecule has 0 unspecified atom stereocenters. The molecule has 0 aliphatic rings. The number of carbonyl (C=O) groups is 1. The molecule has 5 nitrogen and oxygen atoms in total. The van der Waals surface area contributed by atoms with Crippen LogP contribution in [0.25, 0.3) is 20.7 Å². The molecule has 1 aromatic carbocycles. The Morgan fingerprint density at radius 2 is 1.91 bits per heavy atom. The summed E-state index contributed by atoms with van der Waals surface area (Å²) >= 11 is 1.33. The standard InChI is InChI=1S/C14H10N2O3S.2Na.2H/c1-7-9-12(17)15-11(14(18)19)16-13(9)20-10(7)8-5-3-2-4-6-8;;;;/h2-6H,1H3,(H,18,19)(H,15,16,17);;;;/q;2*+1;2*-1. The van der Waals surface area contributed by atoms with Crippen molar-refractivity contribution < 1.29 is 71.9 Å². The molecule has 0 atom stereocenters. The van der Waals surface area contributed by atoms with Crippen LogP contribution >= 0.6 is 11.3 Å². The second-order valence-corrected chi connectivity index (χ2v) is 5.32. The van der Waals surface area contributed by atoms with Gasteiger partial charge in [-0.2, -0.15) is 0 Å². The number of carboxylic acids is 1. The van der Waals surface area contributed by atoms with Gasteiger partial charge in [-0.15, -0.1) is 11.3 Å². The van der Waals surface area contributed by atoms with Crippen LogP contribution in [0.3, 0.4) is 0 Å². The first-order valence-electron chi connectivity index (χ1n) is 5.90. The van der Waals surface area contributed by atoms with Crippen LogP contribution in [0.1, 0.15) is 19.0 Å². The van der Waals surface area contributed by atoms with Gasteiger partial charge in [-0.1, -0.05) is 30.3 Å². The van der Waals surface area contributed by atoms with Crippen molar-refractivity contribution in [3.8, 4) is 10.4 Å². The zero-order valence-electron chi connectivity index (χ0n) is 14.5. The van der Waals surface area contributed by atoms with E-state index in [2.05, 4.69) is 9.97 Å². The topological polar surface area (TPSA) is 83.0 Å². The normalized spacial score (nSPS) is 9.86. The molecule has 0 radical (unpaired) electrons. The van der Waals surface area contributed by atoms with Gasteiger partial charge in [-0.3, -0.25) is 4.79 Å². The number of nitrogens with one attached hydrogen (secondary N) is 1. The predicted molar refractivity (Wildman–Crippen MR) is 79.6 cm³/mol. The Balaban J connectivity index is 0. The zero-order chi connectivity index (χ0) is 14.3. The number of carboxylic acid groups (broad SMARTS) is 1. The van der Waals surface area contributed by atoms with E-state index in [0.717, 1.165) is 16.0 Å². The number of thiophene rings is 1. The van der Waals surface area contributed by atoms with Crippen molar-refractivity contribution in [2.24, 2.45) is 0 Å². The van der Waals surface area contributed by atoms with E-state index in [4.69, 9.17) is 5.11 Å². The van der Waals surface area contributed by atoms with Crippen LogP contribution in [0, 0.1) is 6.92 Å². The number of fused-ring (bicyclic) bond motifs is 1. The number of aromatic carboxylic acids is 1. The smallest absolute Gasteiger partial charge is 1.00 e.